The Morgan fingerprint density at radius 3 is 1.80 bits per heavy atom. The molecule has 0 aliphatic carbocycles. The van der Waals surface area contributed by atoms with Gasteiger partial charge >= 0.3 is 0 Å². The molecule has 0 amide bonds. The van der Waals surface area contributed by atoms with Gasteiger partial charge in [-0.15, -0.1) is 0 Å². The van der Waals surface area contributed by atoms with Crippen molar-refractivity contribution in [2.24, 2.45) is 0 Å². The largest absolute Gasteiger partial charge is 0.378 e. The van der Waals surface area contributed by atoms with Crippen LogP contribution < -0.4 is 10.2 Å². The van der Waals surface area contributed by atoms with E-state index in [1.807, 2.05) is 32.3 Å². The number of nitrogens with zero attached hydrogens (tertiary/aromatic N) is 1. The molecule has 0 bridgehead atoms. The molecule has 0 aromatic heterocycles. The van der Waals surface area contributed by atoms with Crippen LogP contribution in [0.15, 0.2) is 30.3 Å². The number of rotatable bonds is 1. The van der Waals surface area contributed by atoms with Crippen molar-refractivity contribution in [3.63, 3.8) is 0 Å². The highest BCUT2D eigenvalue weighted by Crippen LogP contribution is 2.07. The molecule has 2 rings (SSSR count). The monoisotopic (exact) mass is 206 g/mol. The fraction of sp³-hybridized carbons (Fsp3) is 0.538. The normalized spacial score (nSPS) is 15.1. The molecule has 84 valence electrons. The molecule has 1 aliphatic rings. The fourth-order valence-corrected chi connectivity index (χ4v) is 1.53. The first-order chi connectivity index (χ1) is 7.30. The zero-order valence-corrected chi connectivity index (χ0v) is 9.87. The second-order valence-electron chi connectivity index (χ2n) is 4.04. The summed E-state index contributed by atoms with van der Waals surface area (Å²) in [7, 11) is 4.07. The highest BCUT2D eigenvalue weighted by atomic mass is 15.1. The molecule has 0 spiro atoms. The molecule has 0 unspecified atom stereocenters. The summed E-state index contributed by atoms with van der Waals surface area (Å²) in [4.78, 5) is 2.08. The number of piperidine rings is 1. The van der Waals surface area contributed by atoms with Crippen molar-refractivity contribution in [3.05, 3.63) is 30.3 Å². The van der Waals surface area contributed by atoms with Gasteiger partial charge in [0.25, 0.3) is 0 Å². The standard InChI is InChI=1S/C8H11N.C5H11N/c1-9(2)8-6-4-3-5-7-8;1-2-4-6-5-3-1/h3-7H,1-2H3;6H,1-5H2. The summed E-state index contributed by atoms with van der Waals surface area (Å²) in [5, 5.41) is 3.28. The number of hydrogen-bond donors (Lipinski definition) is 1. The lowest BCUT2D eigenvalue weighted by Gasteiger charge is -2.10. The lowest BCUT2D eigenvalue weighted by atomic mass is 10.2. The lowest BCUT2D eigenvalue weighted by Crippen LogP contribution is -2.21. The molecule has 1 fully saturated rings. The number of benzene rings is 1. The average Bonchev–Trinajstić information content (AvgIpc) is 2.33. The van der Waals surface area contributed by atoms with Gasteiger partial charge in [-0.1, -0.05) is 24.6 Å². The highest BCUT2D eigenvalue weighted by molar-refractivity contribution is 5.43. The van der Waals surface area contributed by atoms with Crippen LogP contribution in [0.25, 0.3) is 0 Å². The third-order valence-corrected chi connectivity index (χ3v) is 2.48. The smallest absolute Gasteiger partial charge is 0.0360 e. The van der Waals surface area contributed by atoms with Gasteiger partial charge in [0.1, 0.15) is 0 Å². The van der Waals surface area contributed by atoms with Crippen molar-refractivity contribution in [2.45, 2.75) is 19.3 Å². The molecule has 0 atom stereocenters. The third kappa shape index (κ3) is 5.43. The first kappa shape index (κ1) is 12.1. The van der Waals surface area contributed by atoms with Crippen LogP contribution in [0, 0.1) is 0 Å². The van der Waals surface area contributed by atoms with Gasteiger partial charge in [0.15, 0.2) is 0 Å². The van der Waals surface area contributed by atoms with E-state index in [1.54, 1.807) is 0 Å². The summed E-state index contributed by atoms with van der Waals surface area (Å²) >= 11 is 0. The molecule has 1 heterocycles. The van der Waals surface area contributed by atoms with E-state index in [9.17, 15) is 0 Å². The molecule has 1 aliphatic heterocycles. The van der Waals surface area contributed by atoms with Crippen LogP contribution >= 0.6 is 0 Å². The van der Waals surface area contributed by atoms with E-state index in [2.05, 4.69) is 22.3 Å². The van der Waals surface area contributed by atoms with Gasteiger partial charge in [0.2, 0.25) is 0 Å². The quantitative estimate of drug-likeness (QED) is 0.759. The Bertz CT molecular complexity index is 228. The topological polar surface area (TPSA) is 15.3 Å². The van der Waals surface area contributed by atoms with E-state index in [1.165, 1.54) is 38.0 Å². The summed E-state index contributed by atoms with van der Waals surface area (Å²) in [6.45, 7) is 2.50. The molecule has 15 heavy (non-hydrogen) atoms. The molecule has 2 heteroatoms. The van der Waals surface area contributed by atoms with Crippen molar-refractivity contribution in [3.8, 4) is 0 Å². The maximum Gasteiger partial charge on any atom is 0.0360 e. The van der Waals surface area contributed by atoms with Gasteiger partial charge in [0.05, 0.1) is 0 Å². The van der Waals surface area contributed by atoms with Crippen molar-refractivity contribution >= 4 is 5.69 Å². The van der Waals surface area contributed by atoms with E-state index >= 15 is 0 Å². The minimum absolute atomic E-state index is 1.25. The summed E-state index contributed by atoms with van der Waals surface area (Å²) in [6, 6.07) is 10.3. The minimum Gasteiger partial charge on any atom is -0.378 e. The molecule has 0 saturated carbocycles. The molecule has 1 aromatic rings. The molecule has 0 radical (unpaired) electrons. The first-order valence-corrected chi connectivity index (χ1v) is 5.74. The van der Waals surface area contributed by atoms with Crippen molar-refractivity contribution in [2.75, 3.05) is 32.1 Å². The molecule has 1 N–H and O–H groups in total. The van der Waals surface area contributed by atoms with Gasteiger partial charge in [-0.05, 0) is 38.1 Å². The van der Waals surface area contributed by atoms with Gasteiger partial charge in [0, 0.05) is 19.8 Å². The van der Waals surface area contributed by atoms with E-state index in [0.29, 0.717) is 0 Å². The molecular formula is C13H22N2. The van der Waals surface area contributed by atoms with Crippen LogP contribution in [0.1, 0.15) is 19.3 Å². The van der Waals surface area contributed by atoms with Crippen LogP contribution in [0.2, 0.25) is 0 Å². The van der Waals surface area contributed by atoms with Gasteiger partial charge in [-0.25, -0.2) is 0 Å². The summed E-state index contributed by atoms with van der Waals surface area (Å²) in [6.07, 6.45) is 4.22. The maximum atomic E-state index is 3.28. The number of para-hydroxylation sites is 1. The molecular weight excluding hydrogens is 184 g/mol. The Labute approximate surface area is 93.3 Å². The summed E-state index contributed by atoms with van der Waals surface area (Å²) in [5.74, 6) is 0. The third-order valence-electron chi connectivity index (χ3n) is 2.48. The van der Waals surface area contributed by atoms with E-state index < -0.39 is 0 Å². The van der Waals surface area contributed by atoms with Crippen molar-refractivity contribution < 1.29 is 0 Å². The summed E-state index contributed by atoms with van der Waals surface area (Å²) < 4.78 is 0. The molecule has 1 saturated heterocycles. The fourth-order valence-electron chi connectivity index (χ4n) is 1.53. The van der Waals surface area contributed by atoms with Crippen LogP contribution in [-0.4, -0.2) is 27.2 Å². The van der Waals surface area contributed by atoms with E-state index in [4.69, 9.17) is 0 Å². The van der Waals surface area contributed by atoms with Gasteiger partial charge < -0.3 is 10.2 Å². The molecule has 1 aromatic carbocycles. The zero-order valence-electron chi connectivity index (χ0n) is 9.87. The second kappa shape index (κ2) is 7.30. The predicted molar refractivity (Wildman–Crippen MR) is 67.5 cm³/mol. The van der Waals surface area contributed by atoms with Gasteiger partial charge in [-0.3, -0.25) is 0 Å². The number of nitrogens with one attached hydrogen (secondary N) is 1. The summed E-state index contributed by atoms with van der Waals surface area (Å²) in [5.41, 5.74) is 1.25. The Morgan fingerprint density at radius 1 is 0.933 bits per heavy atom. The number of anilines is 1. The lowest BCUT2D eigenvalue weighted by molar-refractivity contribution is 0.520. The van der Waals surface area contributed by atoms with Crippen LogP contribution in [0.3, 0.4) is 0 Å². The highest BCUT2D eigenvalue weighted by Gasteiger charge is 1.93. The SMILES string of the molecule is C1CCNCC1.CN(C)c1ccccc1. The maximum absolute atomic E-state index is 3.28. The van der Waals surface area contributed by atoms with E-state index in [0.717, 1.165) is 0 Å². The second-order valence-corrected chi connectivity index (χ2v) is 4.04. The Hall–Kier alpha value is -1.02. The first-order valence-electron chi connectivity index (χ1n) is 5.74. The Balaban J connectivity index is 0.000000162. The predicted octanol–water partition coefficient (Wildman–Crippen LogP) is 2.51. The van der Waals surface area contributed by atoms with E-state index in [-0.39, 0.29) is 0 Å². The van der Waals surface area contributed by atoms with Crippen LogP contribution in [0.5, 0.6) is 0 Å². The minimum atomic E-state index is 1.25. The number of hydrogen-bond acceptors (Lipinski definition) is 2. The van der Waals surface area contributed by atoms with Crippen molar-refractivity contribution in [1.29, 1.82) is 0 Å². The Kier molecular flexibility index (Phi) is 5.86. The zero-order chi connectivity index (χ0) is 10.9. The van der Waals surface area contributed by atoms with Crippen molar-refractivity contribution in [1.82, 2.24) is 5.32 Å². The van der Waals surface area contributed by atoms with Crippen LogP contribution in [0.4, 0.5) is 5.69 Å². The molecule has 2 nitrogen and oxygen atoms in total. The van der Waals surface area contributed by atoms with Crippen LogP contribution in [-0.2, 0) is 0 Å². The van der Waals surface area contributed by atoms with Gasteiger partial charge in [-0.2, -0.15) is 0 Å². The Morgan fingerprint density at radius 2 is 1.53 bits per heavy atom. The average molecular weight is 206 g/mol.